The number of allylic oxidation sites excluding steroid dienone is 1. The Morgan fingerprint density at radius 3 is 2.22 bits per heavy atom. The van der Waals surface area contributed by atoms with Crippen LogP contribution in [0.3, 0.4) is 0 Å². The van der Waals surface area contributed by atoms with Crippen LogP contribution in [-0.4, -0.2) is 30.6 Å². The van der Waals surface area contributed by atoms with Gasteiger partial charge in [-0.15, -0.1) is 0 Å². The first-order chi connectivity index (χ1) is 17.8. The number of hydrogen-bond acceptors (Lipinski definition) is 5. The summed E-state index contributed by atoms with van der Waals surface area (Å²) in [5.74, 6) is -0.889. The maximum absolute atomic E-state index is 13.7. The standard InChI is InChI=1S/C29H24N2O5S/c1-19-7-14-24(15-8-19)37(34,35)30-18-17-20-9-16-25-26(27(20)30)29(33)31(28(25)32)21-10-12-23(13-11-21)36-22-5-3-2-4-6-22/h2-15,17-18,25-27H,16H2,1H3/t25-,26-,27+/m1/s1. The van der Waals surface area contributed by atoms with E-state index in [2.05, 4.69) is 0 Å². The van der Waals surface area contributed by atoms with Crippen LogP contribution >= 0.6 is 0 Å². The van der Waals surface area contributed by atoms with Crippen LogP contribution in [0.5, 0.6) is 11.5 Å². The zero-order valence-electron chi connectivity index (χ0n) is 20.0. The number of carbonyl (C=O) groups is 2. The van der Waals surface area contributed by atoms with Crippen molar-refractivity contribution in [3.05, 3.63) is 108 Å². The summed E-state index contributed by atoms with van der Waals surface area (Å²) < 4.78 is 34.1. The number of aryl methyl sites for hydroxylation is 1. The summed E-state index contributed by atoms with van der Waals surface area (Å²) in [5.41, 5.74) is 2.12. The highest BCUT2D eigenvalue weighted by molar-refractivity contribution is 7.89. The molecule has 37 heavy (non-hydrogen) atoms. The summed E-state index contributed by atoms with van der Waals surface area (Å²) in [5, 5.41) is 0. The molecule has 0 saturated carbocycles. The molecule has 0 unspecified atom stereocenters. The van der Waals surface area contributed by atoms with Crippen LogP contribution in [0.1, 0.15) is 12.0 Å². The summed E-state index contributed by atoms with van der Waals surface area (Å²) in [7, 11) is -3.92. The van der Waals surface area contributed by atoms with E-state index in [0.29, 0.717) is 23.6 Å². The molecule has 1 aliphatic carbocycles. The van der Waals surface area contributed by atoms with Crippen molar-refractivity contribution >= 4 is 27.5 Å². The van der Waals surface area contributed by atoms with E-state index in [4.69, 9.17) is 4.74 Å². The van der Waals surface area contributed by atoms with Gasteiger partial charge in [0.1, 0.15) is 11.5 Å². The van der Waals surface area contributed by atoms with Crippen molar-refractivity contribution in [3.8, 4) is 11.5 Å². The third-order valence-corrected chi connectivity index (χ3v) is 8.90. The lowest BCUT2D eigenvalue weighted by molar-refractivity contribution is -0.122. The van der Waals surface area contributed by atoms with Crippen LogP contribution < -0.4 is 9.64 Å². The molecule has 3 atom stereocenters. The van der Waals surface area contributed by atoms with Crippen molar-refractivity contribution in [2.24, 2.45) is 11.8 Å². The average Bonchev–Trinajstić information content (AvgIpc) is 3.45. The Morgan fingerprint density at radius 1 is 0.838 bits per heavy atom. The van der Waals surface area contributed by atoms with Gasteiger partial charge >= 0.3 is 0 Å². The number of fused-ring (bicyclic) bond motifs is 3. The quantitative estimate of drug-likeness (QED) is 0.458. The second kappa shape index (κ2) is 8.74. The molecule has 7 nitrogen and oxygen atoms in total. The zero-order chi connectivity index (χ0) is 25.7. The minimum Gasteiger partial charge on any atom is -0.457 e. The lowest BCUT2D eigenvalue weighted by Gasteiger charge is -2.34. The topological polar surface area (TPSA) is 84.0 Å². The van der Waals surface area contributed by atoms with Crippen LogP contribution in [0.15, 0.2) is 108 Å². The van der Waals surface area contributed by atoms with Gasteiger partial charge in [-0.1, -0.05) is 42.0 Å². The highest BCUT2D eigenvalue weighted by Crippen LogP contribution is 2.46. The lowest BCUT2D eigenvalue weighted by Crippen LogP contribution is -2.45. The highest BCUT2D eigenvalue weighted by atomic mass is 32.2. The van der Waals surface area contributed by atoms with E-state index in [0.717, 1.165) is 11.1 Å². The molecule has 8 heteroatoms. The number of ether oxygens (including phenoxy) is 1. The Balaban J connectivity index is 1.29. The van der Waals surface area contributed by atoms with E-state index in [1.54, 1.807) is 54.6 Å². The van der Waals surface area contributed by atoms with Gasteiger partial charge in [0.15, 0.2) is 0 Å². The van der Waals surface area contributed by atoms with E-state index in [9.17, 15) is 18.0 Å². The molecule has 6 rings (SSSR count). The monoisotopic (exact) mass is 512 g/mol. The average molecular weight is 513 g/mol. The molecule has 0 radical (unpaired) electrons. The minimum atomic E-state index is -3.92. The van der Waals surface area contributed by atoms with Crippen molar-refractivity contribution < 1.29 is 22.7 Å². The number of carbonyl (C=O) groups excluding carboxylic acids is 2. The predicted octanol–water partition coefficient (Wildman–Crippen LogP) is 4.81. The van der Waals surface area contributed by atoms with E-state index >= 15 is 0 Å². The molecular weight excluding hydrogens is 488 g/mol. The normalized spacial score (nSPS) is 22.6. The number of hydrogen-bond donors (Lipinski definition) is 0. The first kappa shape index (κ1) is 23.2. The maximum Gasteiger partial charge on any atom is 0.264 e. The number of imide groups is 1. The molecule has 0 N–H and O–H groups in total. The number of para-hydroxylation sites is 1. The molecule has 1 fully saturated rings. The summed E-state index contributed by atoms with van der Waals surface area (Å²) in [4.78, 5) is 28.5. The second-order valence-electron chi connectivity index (χ2n) is 9.40. The third kappa shape index (κ3) is 3.84. The second-order valence-corrected chi connectivity index (χ2v) is 11.2. The molecule has 3 aliphatic rings. The fraction of sp³-hybridized carbons (Fsp3) is 0.172. The van der Waals surface area contributed by atoms with Crippen molar-refractivity contribution in [1.82, 2.24) is 4.31 Å². The first-order valence-corrected chi connectivity index (χ1v) is 13.5. The number of sulfonamides is 1. The molecule has 2 aliphatic heterocycles. The van der Waals surface area contributed by atoms with Crippen LogP contribution in [0.4, 0.5) is 5.69 Å². The molecule has 186 valence electrons. The fourth-order valence-corrected chi connectivity index (χ4v) is 6.77. The van der Waals surface area contributed by atoms with Gasteiger partial charge in [0.25, 0.3) is 10.0 Å². The molecule has 0 bridgehead atoms. The van der Waals surface area contributed by atoms with Gasteiger partial charge in [-0.2, -0.15) is 0 Å². The molecule has 0 spiro atoms. The molecule has 2 amide bonds. The Morgan fingerprint density at radius 2 is 1.51 bits per heavy atom. The van der Waals surface area contributed by atoms with Gasteiger partial charge in [0.05, 0.1) is 28.5 Å². The Kier molecular flexibility index (Phi) is 5.49. The minimum absolute atomic E-state index is 0.147. The van der Waals surface area contributed by atoms with Gasteiger partial charge in [-0.3, -0.25) is 13.9 Å². The van der Waals surface area contributed by atoms with Crippen molar-refractivity contribution in [3.63, 3.8) is 0 Å². The largest absolute Gasteiger partial charge is 0.457 e. The molecule has 3 aromatic rings. The predicted molar refractivity (Wildman–Crippen MR) is 138 cm³/mol. The number of nitrogens with zero attached hydrogens (tertiary/aromatic N) is 2. The van der Waals surface area contributed by atoms with Gasteiger partial charge < -0.3 is 4.74 Å². The molecule has 1 saturated heterocycles. The van der Waals surface area contributed by atoms with Gasteiger partial charge in [-0.05, 0) is 73.5 Å². The summed E-state index contributed by atoms with van der Waals surface area (Å²) >= 11 is 0. The van der Waals surface area contributed by atoms with Crippen LogP contribution in [0.25, 0.3) is 0 Å². The number of amides is 2. The summed E-state index contributed by atoms with van der Waals surface area (Å²) in [6.45, 7) is 1.89. The SMILES string of the molecule is Cc1ccc(S(=O)(=O)N2C=CC3=CC[C@H]4C(=O)N(c5ccc(Oc6ccccc6)cc5)C(=O)[C@H]4[C@H]32)cc1. The van der Waals surface area contributed by atoms with Crippen LogP contribution in [0.2, 0.25) is 0 Å². The van der Waals surface area contributed by atoms with E-state index in [-0.39, 0.29) is 10.8 Å². The number of rotatable bonds is 5. The van der Waals surface area contributed by atoms with E-state index < -0.39 is 33.8 Å². The summed E-state index contributed by atoms with van der Waals surface area (Å²) in [6, 6.07) is 21.9. The lowest BCUT2D eigenvalue weighted by atomic mass is 9.78. The van der Waals surface area contributed by atoms with Gasteiger partial charge in [0, 0.05) is 6.20 Å². The molecule has 0 aromatic heterocycles. The fourth-order valence-electron chi connectivity index (χ4n) is 5.27. The van der Waals surface area contributed by atoms with E-state index in [1.165, 1.54) is 15.4 Å². The maximum atomic E-state index is 13.7. The molecule has 2 heterocycles. The molecular formula is C29H24N2O5S. The summed E-state index contributed by atoms with van der Waals surface area (Å²) in [6.07, 6.45) is 5.49. The smallest absolute Gasteiger partial charge is 0.264 e. The van der Waals surface area contributed by atoms with Crippen LogP contribution in [0, 0.1) is 18.8 Å². The van der Waals surface area contributed by atoms with Gasteiger partial charge in [-0.25, -0.2) is 13.3 Å². The van der Waals surface area contributed by atoms with E-state index in [1.807, 2.05) is 43.3 Å². The van der Waals surface area contributed by atoms with Crippen molar-refractivity contribution in [2.75, 3.05) is 4.90 Å². The first-order valence-electron chi connectivity index (χ1n) is 12.0. The van der Waals surface area contributed by atoms with Crippen LogP contribution in [-0.2, 0) is 19.6 Å². The van der Waals surface area contributed by atoms with Gasteiger partial charge in [0.2, 0.25) is 11.8 Å². The number of benzene rings is 3. The van der Waals surface area contributed by atoms with Crippen molar-refractivity contribution in [2.45, 2.75) is 24.3 Å². The highest BCUT2D eigenvalue weighted by Gasteiger charge is 2.56. The Hall–Kier alpha value is -4.17. The Bertz CT molecular complexity index is 1540. The third-order valence-electron chi connectivity index (χ3n) is 7.12. The number of anilines is 1. The van der Waals surface area contributed by atoms with Crippen molar-refractivity contribution in [1.29, 1.82) is 0 Å². The zero-order valence-corrected chi connectivity index (χ0v) is 20.8. The molecule has 3 aromatic carbocycles. The Labute approximate surface area is 215 Å².